The number of aliphatic hydroxyl groups is 1. The molecule has 1 heterocycles. The second-order valence-electron chi connectivity index (χ2n) is 4.88. The van der Waals surface area contributed by atoms with E-state index in [9.17, 15) is 5.11 Å². The molecule has 1 fully saturated rings. The van der Waals surface area contributed by atoms with Gasteiger partial charge in [0.25, 0.3) is 0 Å². The highest BCUT2D eigenvalue weighted by molar-refractivity contribution is 6.30. The first kappa shape index (κ1) is 13.6. The van der Waals surface area contributed by atoms with Gasteiger partial charge in [-0.3, -0.25) is 0 Å². The zero-order chi connectivity index (χ0) is 13.1. The van der Waals surface area contributed by atoms with E-state index in [0.717, 1.165) is 42.9 Å². The van der Waals surface area contributed by atoms with Crippen molar-refractivity contribution in [3.8, 4) is 0 Å². The van der Waals surface area contributed by atoms with Gasteiger partial charge in [-0.15, -0.1) is 0 Å². The van der Waals surface area contributed by atoms with Crippen LogP contribution in [0, 0.1) is 12.8 Å². The Bertz CT molecular complexity index is 425. The fourth-order valence-corrected chi connectivity index (χ4v) is 2.64. The molecule has 2 unspecified atom stereocenters. The van der Waals surface area contributed by atoms with Crippen LogP contribution in [0.2, 0.25) is 5.15 Å². The van der Waals surface area contributed by atoms with Crippen molar-refractivity contribution in [2.45, 2.75) is 45.6 Å². The number of halogens is 1. The van der Waals surface area contributed by atoms with E-state index in [-0.39, 0.29) is 6.61 Å². The van der Waals surface area contributed by atoms with Crippen molar-refractivity contribution in [3.63, 3.8) is 0 Å². The summed E-state index contributed by atoms with van der Waals surface area (Å²) in [5.74, 6) is 1.90. The summed E-state index contributed by atoms with van der Waals surface area (Å²) in [6, 6.07) is 0.296. The van der Waals surface area contributed by atoms with Crippen LogP contribution in [-0.2, 0) is 6.42 Å². The van der Waals surface area contributed by atoms with Gasteiger partial charge in [0.1, 0.15) is 16.8 Å². The summed E-state index contributed by atoms with van der Waals surface area (Å²) in [5.41, 5.74) is 0.887. The van der Waals surface area contributed by atoms with E-state index in [1.165, 1.54) is 0 Å². The maximum atomic E-state index is 9.34. The molecule has 1 aliphatic rings. The molecule has 0 radical (unpaired) electrons. The Hall–Kier alpha value is -0.870. The highest BCUT2D eigenvalue weighted by Gasteiger charge is 2.27. The Morgan fingerprint density at radius 2 is 2.17 bits per heavy atom. The number of aryl methyl sites for hydroxylation is 1. The molecule has 0 aromatic carbocycles. The molecule has 0 saturated heterocycles. The van der Waals surface area contributed by atoms with Gasteiger partial charge in [-0.05, 0) is 19.8 Å². The second-order valence-corrected chi connectivity index (χ2v) is 5.24. The minimum Gasteiger partial charge on any atom is -0.396 e. The van der Waals surface area contributed by atoms with E-state index in [0.29, 0.717) is 17.1 Å². The minimum atomic E-state index is 0.232. The number of aromatic nitrogens is 2. The molecule has 1 aliphatic carbocycles. The van der Waals surface area contributed by atoms with E-state index in [1.54, 1.807) is 0 Å². The third kappa shape index (κ3) is 2.75. The van der Waals surface area contributed by atoms with Crippen LogP contribution in [0.3, 0.4) is 0 Å². The lowest BCUT2D eigenvalue weighted by molar-refractivity contribution is 0.222. The van der Waals surface area contributed by atoms with Crippen molar-refractivity contribution in [2.24, 2.45) is 5.92 Å². The topological polar surface area (TPSA) is 58.0 Å². The largest absolute Gasteiger partial charge is 0.396 e. The lowest BCUT2D eigenvalue weighted by Crippen LogP contribution is -2.27. The van der Waals surface area contributed by atoms with Crippen LogP contribution in [0.1, 0.15) is 37.6 Å². The van der Waals surface area contributed by atoms with Crippen LogP contribution in [0.15, 0.2) is 0 Å². The van der Waals surface area contributed by atoms with E-state index in [4.69, 9.17) is 11.6 Å². The van der Waals surface area contributed by atoms with Crippen molar-refractivity contribution in [2.75, 3.05) is 11.9 Å². The Morgan fingerprint density at radius 3 is 2.83 bits per heavy atom. The molecule has 0 amide bonds. The van der Waals surface area contributed by atoms with E-state index >= 15 is 0 Å². The maximum absolute atomic E-state index is 9.34. The number of hydrogen-bond donors (Lipinski definition) is 2. The minimum absolute atomic E-state index is 0.232. The van der Waals surface area contributed by atoms with Crippen molar-refractivity contribution in [3.05, 3.63) is 16.5 Å². The highest BCUT2D eigenvalue weighted by Crippen LogP contribution is 2.29. The number of nitrogens with zero attached hydrogens (tertiary/aromatic N) is 2. The summed E-state index contributed by atoms with van der Waals surface area (Å²) in [6.45, 7) is 4.17. The number of aliphatic hydroxyl groups excluding tert-OH is 1. The number of nitrogens with one attached hydrogen (secondary N) is 1. The predicted octanol–water partition coefficient (Wildman–Crippen LogP) is 2.57. The van der Waals surface area contributed by atoms with Crippen molar-refractivity contribution >= 4 is 17.4 Å². The van der Waals surface area contributed by atoms with Crippen molar-refractivity contribution < 1.29 is 5.11 Å². The normalized spacial score (nSPS) is 23.3. The van der Waals surface area contributed by atoms with Gasteiger partial charge in [0.05, 0.1) is 0 Å². The lowest BCUT2D eigenvalue weighted by Gasteiger charge is -2.21. The molecule has 4 nitrogen and oxygen atoms in total. The molecule has 0 bridgehead atoms. The summed E-state index contributed by atoms with van der Waals surface area (Å²) >= 11 is 6.11. The standard InChI is InChI=1S/C13H20ClN3O/c1-3-11-16-12(14)8(2)13(17-11)15-10-6-4-5-9(10)7-18/h9-10,18H,3-7H2,1-2H3,(H,15,16,17). The van der Waals surface area contributed by atoms with Gasteiger partial charge < -0.3 is 10.4 Å². The fourth-order valence-electron chi connectivity index (χ4n) is 2.45. The average molecular weight is 270 g/mol. The molecule has 18 heavy (non-hydrogen) atoms. The maximum Gasteiger partial charge on any atom is 0.137 e. The van der Waals surface area contributed by atoms with Gasteiger partial charge in [-0.2, -0.15) is 0 Å². The first-order valence-electron chi connectivity index (χ1n) is 6.56. The predicted molar refractivity (Wildman–Crippen MR) is 73.0 cm³/mol. The average Bonchev–Trinajstić information content (AvgIpc) is 2.81. The third-order valence-corrected chi connectivity index (χ3v) is 4.03. The molecule has 1 aromatic heterocycles. The van der Waals surface area contributed by atoms with Gasteiger partial charge in [0, 0.05) is 30.6 Å². The summed E-state index contributed by atoms with van der Waals surface area (Å²) in [5, 5.41) is 13.3. The van der Waals surface area contributed by atoms with E-state index in [2.05, 4.69) is 15.3 Å². The molecule has 1 aromatic rings. The number of rotatable bonds is 4. The number of hydrogen-bond acceptors (Lipinski definition) is 4. The SMILES string of the molecule is CCc1nc(Cl)c(C)c(NC2CCCC2CO)n1. The van der Waals surface area contributed by atoms with Crippen molar-refractivity contribution in [1.29, 1.82) is 0 Å². The van der Waals surface area contributed by atoms with Crippen LogP contribution in [0.5, 0.6) is 0 Å². The van der Waals surface area contributed by atoms with E-state index in [1.807, 2.05) is 13.8 Å². The molecule has 2 atom stereocenters. The number of anilines is 1. The molecule has 100 valence electrons. The Kier molecular flexibility index (Phi) is 4.40. The first-order valence-corrected chi connectivity index (χ1v) is 6.94. The van der Waals surface area contributed by atoms with Gasteiger partial charge >= 0.3 is 0 Å². The zero-order valence-corrected chi connectivity index (χ0v) is 11.7. The van der Waals surface area contributed by atoms with Gasteiger partial charge in [0.2, 0.25) is 0 Å². The summed E-state index contributed by atoms with van der Waals surface area (Å²) in [7, 11) is 0. The molecule has 2 rings (SSSR count). The lowest BCUT2D eigenvalue weighted by atomic mass is 10.1. The summed E-state index contributed by atoms with van der Waals surface area (Å²) in [6.07, 6.45) is 4.07. The third-order valence-electron chi connectivity index (χ3n) is 3.66. The quantitative estimate of drug-likeness (QED) is 0.825. The Labute approximate surface area is 113 Å². The molecule has 0 aliphatic heterocycles. The molecule has 1 saturated carbocycles. The monoisotopic (exact) mass is 269 g/mol. The van der Waals surface area contributed by atoms with Crippen LogP contribution in [0.4, 0.5) is 5.82 Å². The van der Waals surface area contributed by atoms with Crippen LogP contribution in [0.25, 0.3) is 0 Å². The van der Waals surface area contributed by atoms with Crippen molar-refractivity contribution in [1.82, 2.24) is 9.97 Å². The van der Waals surface area contributed by atoms with Gasteiger partial charge in [-0.1, -0.05) is 24.9 Å². The van der Waals surface area contributed by atoms with Gasteiger partial charge in [0.15, 0.2) is 0 Å². The highest BCUT2D eigenvalue weighted by atomic mass is 35.5. The van der Waals surface area contributed by atoms with Crippen LogP contribution >= 0.6 is 11.6 Å². The molecule has 0 spiro atoms. The van der Waals surface area contributed by atoms with Crippen LogP contribution in [-0.4, -0.2) is 27.7 Å². The molecule has 2 N–H and O–H groups in total. The van der Waals surface area contributed by atoms with Gasteiger partial charge in [-0.25, -0.2) is 9.97 Å². The van der Waals surface area contributed by atoms with Crippen LogP contribution < -0.4 is 5.32 Å². The van der Waals surface area contributed by atoms with E-state index < -0.39 is 0 Å². The smallest absolute Gasteiger partial charge is 0.137 e. The molecular weight excluding hydrogens is 250 g/mol. The Morgan fingerprint density at radius 1 is 1.39 bits per heavy atom. The first-order chi connectivity index (χ1) is 8.65. The second kappa shape index (κ2) is 5.85. The fraction of sp³-hybridized carbons (Fsp3) is 0.692. The molecular formula is C13H20ClN3O. The Balaban J connectivity index is 2.20. The zero-order valence-electron chi connectivity index (χ0n) is 10.9. The summed E-state index contributed by atoms with van der Waals surface area (Å²) < 4.78 is 0. The summed E-state index contributed by atoms with van der Waals surface area (Å²) in [4.78, 5) is 8.73. The molecule has 5 heteroatoms.